The van der Waals surface area contributed by atoms with Crippen molar-refractivity contribution in [3.63, 3.8) is 0 Å². The van der Waals surface area contributed by atoms with E-state index in [1.165, 1.54) is 36.5 Å². The van der Waals surface area contributed by atoms with Crippen LogP contribution in [0.3, 0.4) is 0 Å². The van der Waals surface area contributed by atoms with E-state index in [0.29, 0.717) is 30.3 Å². The molecule has 1 aromatic rings. The van der Waals surface area contributed by atoms with Crippen LogP contribution in [0.4, 0.5) is 0 Å². The van der Waals surface area contributed by atoms with Gasteiger partial charge in [0.1, 0.15) is 5.75 Å². The van der Waals surface area contributed by atoms with Crippen LogP contribution in [-0.2, 0) is 9.53 Å². The van der Waals surface area contributed by atoms with Crippen molar-refractivity contribution < 1.29 is 19.7 Å². The van der Waals surface area contributed by atoms with Gasteiger partial charge >= 0.3 is 5.97 Å². The summed E-state index contributed by atoms with van der Waals surface area (Å²) >= 11 is 0. The molecule has 2 atom stereocenters. The first kappa shape index (κ1) is 21.0. The maximum atomic E-state index is 11.1. The number of carbonyl (C=O) groups is 1. The summed E-state index contributed by atoms with van der Waals surface area (Å²) in [6, 6.07) is 3.00. The minimum atomic E-state index is -0.276. The number of hydrazine groups is 1. The highest BCUT2D eigenvalue weighted by Gasteiger charge is 2.52. The third-order valence-corrected chi connectivity index (χ3v) is 5.20. The number of nitrogens with zero attached hydrogens (tertiary/aromatic N) is 2. The van der Waals surface area contributed by atoms with Gasteiger partial charge < -0.3 is 25.7 Å². The number of hydrogen-bond donors (Lipinski definition) is 4. The van der Waals surface area contributed by atoms with Gasteiger partial charge in [-0.3, -0.25) is 9.78 Å². The van der Waals surface area contributed by atoms with Gasteiger partial charge in [-0.05, 0) is 49.7 Å². The number of fused-ring (bicyclic) bond motifs is 1. The molecule has 0 amide bonds. The van der Waals surface area contributed by atoms with E-state index in [9.17, 15) is 4.79 Å². The SMILES string of the molecule is CCOC(=O)CC1C2CCCC21.CN(N)/C(CO)=C(\N)c1ccc(O)cn1. The molecule has 6 N–H and O–H groups in total. The number of nitrogens with two attached hydrogens (primary N) is 2. The quantitative estimate of drug-likeness (QED) is 0.329. The molecule has 27 heavy (non-hydrogen) atoms. The summed E-state index contributed by atoms with van der Waals surface area (Å²) < 4.78 is 4.92. The predicted octanol–water partition coefficient (Wildman–Crippen LogP) is 1.20. The van der Waals surface area contributed by atoms with Gasteiger partial charge in [0.2, 0.25) is 0 Å². The fourth-order valence-corrected chi connectivity index (χ4v) is 3.76. The standard InChI is InChI=1S/C10H16O2.C9H14N4O2/c1-2-12-10(11)6-9-7-4-3-5-8(7)9;1-13(11)8(5-14)9(10)7-3-2-6(15)4-12-7/h7-9H,2-6H2,1H3;2-4,14-15H,5,10-11H2,1H3/b;9-8-. The van der Waals surface area contributed by atoms with Crippen molar-refractivity contribution in [2.75, 3.05) is 20.3 Å². The summed E-state index contributed by atoms with van der Waals surface area (Å²) in [5.41, 5.74) is 6.86. The van der Waals surface area contributed by atoms with E-state index in [2.05, 4.69) is 4.98 Å². The lowest BCUT2D eigenvalue weighted by Gasteiger charge is -2.17. The van der Waals surface area contributed by atoms with Gasteiger partial charge in [-0.25, -0.2) is 5.84 Å². The minimum absolute atomic E-state index is 0.0110. The molecule has 0 aliphatic heterocycles. The Balaban J connectivity index is 0.000000198. The third-order valence-electron chi connectivity index (χ3n) is 5.20. The summed E-state index contributed by atoms with van der Waals surface area (Å²) in [7, 11) is 1.57. The maximum Gasteiger partial charge on any atom is 0.306 e. The molecule has 2 saturated carbocycles. The molecule has 2 unspecified atom stereocenters. The summed E-state index contributed by atoms with van der Waals surface area (Å²) in [5, 5.41) is 19.3. The van der Waals surface area contributed by atoms with Crippen LogP contribution in [0.1, 0.15) is 38.3 Å². The summed E-state index contributed by atoms with van der Waals surface area (Å²) in [6.07, 6.45) is 6.05. The number of ether oxygens (including phenoxy) is 1. The second-order valence-corrected chi connectivity index (χ2v) is 6.96. The Morgan fingerprint density at radius 1 is 1.37 bits per heavy atom. The zero-order valence-electron chi connectivity index (χ0n) is 16.0. The van der Waals surface area contributed by atoms with Gasteiger partial charge in [-0.15, -0.1) is 0 Å². The van der Waals surface area contributed by atoms with Gasteiger partial charge in [0, 0.05) is 13.5 Å². The fraction of sp³-hybridized carbons (Fsp3) is 0.579. The highest BCUT2D eigenvalue weighted by atomic mass is 16.5. The van der Waals surface area contributed by atoms with Crippen molar-refractivity contribution in [1.82, 2.24) is 9.99 Å². The second-order valence-electron chi connectivity index (χ2n) is 6.96. The van der Waals surface area contributed by atoms with Crippen LogP contribution >= 0.6 is 0 Å². The molecule has 2 fully saturated rings. The number of aliphatic hydroxyl groups excluding tert-OH is 1. The second kappa shape index (κ2) is 9.57. The van der Waals surface area contributed by atoms with Gasteiger partial charge in [0.05, 0.1) is 36.5 Å². The molecule has 150 valence electrons. The Hall–Kier alpha value is -2.32. The molecule has 0 bridgehead atoms. The topological polar surface area (TPSA) is 135 Å². The van der Waals surface area contributed by atoms with E-state index in [0.717, 1.165) is 11.8 Å². The molecule has 0 spiro atoms. The molecule has 1 aromatic heterocycles. The average Bonchev–Trinajstić information content (AvgIpc) is 3.04. The smallest absolute Gasteiger partial charge is 0.306 e. The van der Waals surface area contributed by atoms with Crippen molar-refractivity contribution in [2.24, 2.45) is 29.3 Å². The number of pyridine rings is 1. The lowest BCUT2D eigenvalue weighted by Crippen LogP contribution is -2.29. The monoisotopic (exact) mass is 378 g/mol. The van der Waals surface area contributed by atoms with E-state index >= 15 is 0 Å². The number of aromatic hydroxyl groups is 1. The van der Waals surface area contributed by atoms with Crippen LogP contribution in [0, 0.1) is 17.8 Å². The highest BCUT2D eigenvalue weighted by molar-refractivity contribution is 5.70. The maximum absolute atomic E-state index is 11.1. The first-order chi connectivity index (χ1) is 12.9. The van der Waals surface area contributed by atoms with Crippen LogP contribution < -0.4 is 11.6 Å². The zero-order chi connectivity index (χ0) is 20.0. The van der Waals surface area contributed by atoms with Gasteiger partial charge in [0.15, 0.2) is 0 Å². The largest absolute Gasteiger partial charge is 0.506 e. The van der Waals surface area contributed by atoms with Crippen LogP contribution in [0.25, 0.3) is 5.70 Å². The van der Waals surface area contributed by atoms with E-state index in [4.69, 9.17) is 26.5 Å². The zero-order valence-corrected chi connectivity index (χ0v) is 16.0. The van der Waals surface area contributed by atoms with Crippen molar-refractivity contribution in [2.45, 2.75) is 32.6 Å². The predicted molar refractivity (Wildman–Crippen MR) is 102 cm³/mol. The Morgan fingerprint density at radius 3 is 2.52 bits per heavy atom. The molecule has 2 aliphatic rings. The fourth-order valence-electron chi connectivity index (χ4n) is 3.76. The normalized spacial score (nSPS) is 23.5. The number of hydrogen-bond acceptors (Lipinski definition) is 8. The number of rotatable bonds is 6. The van der Waals surface area contributed by atoms with Crippen LogP contribution in [-0.4, -0.2) is 46.4 Å². The van der Waals surface area contributed by atoms with Crippen molar-refractivity contribution in [3.8, 4) is 5.75 Å². The molecule has 0 radical (unpaired) electrons. The van der Waals surface area contributed by atoms with Crippen molar-refractivity contribution in [3.05, 3.63) is 29.7 Å². The van der Waals surface area contributed by atoms with Crippen molar-refractivity contribution in [1.29, 1.82) is 0 Å². The Labute approximate surface area is 159 Å². The lowest BCUT2D eigenvalue weighted by atomic mass is 10.1. The number of aliphatic hydroxyl groups is 1. The molecule has 0 saturated heterocycles. The highest BCUT2D eigenvalue weighted by Crippen LogP contribution is 2.59. The number of likely N-dealkylation sites (N-methyl/N-ethyl adjacent to an activating group) is 1. The molecule has 3 rings (SSSR count). The first-order valence-electron chi connectivity index (χ1n) is 9.27. The van der Waals surface area contributed by atoms with Crippen LogP contribution in [0.5, 0.6) is 5.75 Å². The Kier molecular flexibility index (Phi) is 7.44. The number of esters is 1. The lowest BCUT2D eigenvalue weighted by molar-refractivity contribution is -0.143. The Morgan fingerprint density at radius 2 is 2.04 bits per heavy atom. The molecular formula is C19H30N4O4. The van der Waals surface area contributed by atoms with E-state index in [1.54, 1.807) is 13.1 Å². The van der Waals surface area contributed by atoms with Gasteiger partial charge in [0.25, 0.3) is 0 Å². The minimum Gasteiger partial charge on any atom is -0.506 e. The van der Waals surface area contributed by atoms with Crippen molar-refractivity contribution >= 4 is 11.7 Å². The van der Waals surface area contributed by atoms with E-state index < -0.39 is 0 Å². The molecule has 0 aromatic carbocycles. The van der Waals surface area contributed by atoms with Gasteiger partial charge in [-0.1, -0.05) is 6.42 Å². The molecule has 2 aliphatic carbocycles. The van der Waals surface area contributed by atoms with Crippen LogP contribution in [0.2, 0.25) is 0 Å². The molecule has 1 heterocycles. The molecular weight excluding hydrogens is 348 g/mol. The van der Waals surface area contributed by atoms with Gasteiger partial charge in [-0.2, -0.15) is 0 Å². The van der Waals surface area contributed by atoms with E-state index in [1.807, 2.05) is 6.92 Å². The average molecular weight is 378 g/mol. The third kappa shape index (κ3) is 5.58. The number of carbonyl (C=O) groups excluding carboxylic acids is 1. The summed E-state index contributed by atoms with van der Waals surface area (Å²) in [5.74, 6) is 8.00. The molecule has 8 nitrogen and oxygen atoms in total. The van der Waals surface area contributed by atoms with E-state index in [-0.39, 0.29) is 24.0 Å². The Bertz CT molecular complexity index is 650. The summed E-state index contributed by atoms with van der Waals surface area (Å²) in [6.45, 7) is 2.12. The number of aromatic nitrogens is 1. The first-order valence-corrected chi connectivity index (χ1v) is 9.27. The summed E-state index contributed by atoms with van der Waals surface area (Å²) in [4.78, 5) is 15.0. The van der Waals surface area contributed by atoms with Crippen LogP contribution in [0.15, 0.2) is 24.0 Å². The molecule has 8 heteroatoms.